The van der Waals surface area contributed by atoms with Gasteiger partial charge in [-0.3, -0.25) is 0 Å². The van der Waals surface area contributed by atoms with Crippen molar-refractivity contribution in [2.75, 3.05) is 6.61 Å². The number of aromatic amines is 1. The van der Waals surface area contributed by atoms with E-state index >= 15 is 0 Å². The molecule has 1 fully saturated rings. The zero-order chi connectivity index (χ0) is 12.4. The van der Waals surface area contributed by atoms with Crippen LogP contribution >= 0.6 is 0 Å². The first-order valence-electron chi connectivity index (χ1n) is 6.01. The molecule has 1 aliphatic carbocycles. The Kier molecular flexibility index (Phi) is 2.84. The van der Waals surface area contributed by atoms with Crippen LogP contribution in [-0.2, 0) is 11.3 Å². The van der Waals surface area contributed by atoms with Gasteiger partial charge in [-0.05, 0) is 24.8 Å². The normalized spacial score (nSPS) is 14.7. The molecule has 6 heteroatoms. The van der Waals surface area contributed by atoms with Crippen LogP contribution in [0, 0.1) is 0 Å². The van der Waals surface area contributed by atoms with Crippen LogP contribution in [0.1, 0.15) is 34.8 Å². The molecule has 2 aromatic rings. The highest BCUT2D eigenvalue weighted by Gasteiger charge is 2.29. The van der Waals surface area contributed by atoms with Gasteiger partial charge in [0, 0.05) is 11.9 Å². The Labute approximate surface area is 104 Å². The number of hydrogen-bond donors (Lipinski definition) is 1. The summed E-state index contributed by atoms with van der Waals surface area (Å²) in [6, 6.07) is 1.78. The lowest BCUT2D eigenvalue weighted by Gasteiger charge is -2.05. The molecule has 0 aliphatic heterocycles. The standard InChI is InChI=1S/C12H14N4O2/c17-12(18-6-5-16-8-13-7-15-16)10-3-4-14-11(10)9-1-2-9/h3-4,7-9,14H,1-2,5-6H2. The van der Waals surface area contributed by atoms with Gasteiger partial charge in [0.1, 0.15) is 19.3 Å². The number of esters is 1. The van der Waals surface area contributed by atoms with Gasteiger partial charge in [0.05, 0.1) is 12.1 Å². The lowest BCUT2D eigenvalue weighted by atomic mass is 10.2. The Bertz CT molecular complexity index is 528. The van der Waals surface area contributed by atoms with Crippen molar-refractivity contribution in [3.63, 3.8) is 0 Å². The summed E-state index contributed by atoms with van der Waals surface area (Å²) in [5.41, 5.74) is 1.68. The monoisotopic (exact) mass is 246 g/mol. The second-order valence-electron chi connectivity index (χ2n) is 4.37. The zero-order valence-corrected chi connectivity index (χ0v) is 9.87. The molecule has 3 rings (SSSR count). The van der Waals surface area contributed by atoms with Crippen molar-refractivity contribution in [3.8, 4) is 0 Å². The van der Waals surface area contributed by atoms with Gasteiger partial charge in [0.15, 0.2) is 0 Å². The van der Waals surface area contributed by atoms with Crippen LogP contribution in [0.25, 0.3) is 0 Å². The average molecular weight is 246 g/mol. The third-order valence-corrected chi connectivity index (χ3v) is 3.00. The number of nitrogens with zero attached hydrogens (tertiary/aromatic N) is 3. The van der Waals surface area contributed by atoms with E-state index in [1.54, 1.807) is 23.3 Å². The number of carbonyl (C=O) groups excluding carboxylic acids is 1. The summed E-state index contributed by atoms with van der Waals surface area (Å²) >= 11 is 0. The molecule has 1 N–H and O–H groups in total. The summed E-state index contributed by atoms with van der Waals surface area (Å²) in [7, 11) is 0. The summed E-state index contributed by atoms with van der Waals surface area (Å²) < 4.78 is 6.86. The Morgan fingerprint density at radius 1 is 1.56 bits per heavy atom. The largest absolute Gasteiger partial charge is 0.460 e. The van der Waals surface area contributed by atoms with Crippen molar-refractivity contribution < 1.29 is 9.53 Å². The van der Waals surface area contributed by atoms with Crippen LogP contribution in [0.5, 0.6) is 0 Å². The fourth-order valence-electron chi connectivity index (χ4n) is 1.93. The second kappa shape index (κ2) is 4.64. The van der Waals surface area contributed by atoms with Crippen LogP contribution in [0.4, 0.5) is 0 Å². The van der Waals surface area contributed by atoms with Gasteiger partial charge in [-0.15, -0.1) is 0 Å². The van der Waals surface area contributed by atoms with Crippen LogP contribution in [-0.4, -0.2) is 32.3 Å². The Morgan fingerprint density at radius 3 is 3.17 bits per heavy atom. The van der Waals surface area contributed by atoms with E-state index in [1.807, 2.05) is 0 Å². The summed E-state index contributed by atoms with van der Waals surface area (Å²) in [4.78, 5) is 18.8. The SMILES string of the molecule is O=C(OCCn1cncn1)c1cc[nH]c1C1CC1. The molecule has 0 amide bonds. The highest BCUT2D eigenvalue weighted by molar-refractivity contribution is 5.91. The molecule has 0 unspecified atom stereocenters. The van der Waals surface area contributed by atoms with E-state index in [0.717, 1.165) is 18.5 Å². The maximum atomic E-state index is 11.9. The lowest BCUT2D eigenvalue weighted by Crippen LogP contribution is -2.12. The molecule has 2 heterocycles. The van der Waals surface area contributed by atoms with E-state index in [4.69, 9.17) is 4.74 Å². The lowest BCUT2D eigenvalue weighted by molar-refractivity contribution is 0.0486. The number of H-pyrrole nitrogens is 1. The highest BCUT2D eigenvalue weighted by Crippen LogP contribution is 2.40. The molecule has 1 aliphatic rings. The molecule has 0 bridgehead atoms. The third-order valence-electron chi connectivity index (χ3n) is 3.00. The molecule has 0 atom stereocenters. The number of hydrogen-bond acceptors (Lipinski definition) is 4. The number of rotatable bonds is 5. The Hall–Kier alpha value is -2.11. The maximum absolute atomic E-state index is 11.9. The molecule has 0 radical (unpaired) electrons. The van der Waals surface area contributed by atoms with Gasteiger partial charge in [-0.2, -0.15) is 5.10 Å². The Balaban J connectivity index is 1.56. The molecule has 94 valence electrons. The third kappa shape index (κ3) is 2.27. The predicted octanol–water partition coefficient (Wildman–Crippen LogP) is 1.34. The van der Waals surface area contributed by atoms with Crippen molar-refractivity contribution in [1.29, 1.82) is 0 Å². The summed E-state index contributed by atoms with van der Waals surface area (Å²) in [5, 5.41) is 3.94. The fourth-order valence-corrected chi connectivity index (χ4v) is 1.93. The van der Waals surface area contributed by atoms with E-state index in [9.17, 15) is 4.79 Å². The first kappa shape index (κ1) is 11.0. The van der Waals surface area contributed by atoms with Gasteiger partial charge >= 0.3 is 5.97 Å². The van der Waals surface area contributed by atoms with Gasteiger partial charge in [0.2, 0.25) is 0 Å². The van der Waals surface area contributed by atoms with E-state index in [-0.39, 0.29) is 5.97 Å². The molecular formula is C12H14N4O2. The smallest absolute Gasteiger partial charge is 0.340 e. The van der Waals surface area contributed by atoms with Gasteiger partial charge in [0.25, 0.3) is 0 Å². The van der Waals surface area contributed by atoms with E-state index in [1.165, 1.54) is 6.33 Å². The molecule has 18 heavy (non-hydrogen) atoms. The first-order valence-corrected chi connectivity index (χ1v) is 6.01. The van der Waals surface area contributed by atoms with Crippen LogP contribution in [0.3, 0.4) is 0 Å². The van der Waals surface area contributed by atoms with Crippen LogP contribution in [0.15, 0.2) is 24.9 Å². The van der Waals surface area contributed by atoms with Crippen molar-refractivity contribution in [2.24, 2.45) is 0 Å². The molecular weight excluding hydrogens is 232 g/mol. The quantitative estimate of drug-likeness (QED) is 0.808. The summed E-state index contributed by atoms with van der Waals surface area (Å²) in [6.07, 6.45) is 7.15. The molecule has 6 nitrogen and oxygen atoms in total. The van der Waals surface area contributed by atoms with Crippen LogP contribution < -0.4 is 0 Å². The first-order chi connectivity index (χ1) is 8.84. The molecule has 2 aromatic heterocycles. The number of carbonyl (C=O) groups is 1. The summed E-state index contributed by atoms with van der Waals surface area (Å²) in [5.74, 6) is 0.246. The molecule has 0 aromatic carbocycles. The molecule has 1 saturated carbocycles. The predicted molar refractivity (Wildman–Crippen MR) is 63.1 cm³/mol. The summed E-state index contributed by atoms with van der Waals surface area (Å²) in [6.45, 7) is 0.826. The minimum Gasteiger partial charge on any atom is -0.460 e. The van der Waals surface area contributed by atoms with Crippen molar-refractivity contribution >= 4 is 5.97 Å². The number of ether oxygens (including phenoxy) is 1. The number of aromatic nitrogens is 4. The van der Waals surface area contributed by atoms with Gasteiger partial charge in [-0.1, -0.05) is 0 Å². The Morgan fingerprint density at radius 2 is 2.44 bits per heavy atom. The zero-order valence-electron chi connectivity index (χ0n) is 9.87. The minimum atomic E-state index is -0.265. The van der Waals surface area contributed by atoms with E-state index < -0.39 is 0 Å². The molecule has 0 spiro atoms. The second-order valence-corrected chi connectivity index (χ2v) is 4.37. The van der Waals surface area contributed by atoms with Crippen molar-refractivity contribution in [2.45, 2.75) is 25.3 Å². The van der Waals surface area contributed by atoms with E-state index in [2.05, 4.69) is 15.1 Å². The number of nitrogens with one attached hydrogen (secondary N) is 1. The molecule has 0 saturated heterocycles. The van der Waals surface area contributed by atoms with Crippen molar-refractivity contribution in [1.82, 2.24) is 19.7 Å². The topological polar surface area (TPSA) is 72.8 Å². The highest BCUT2D eigenvalue weighted by atomic mass is 16.5. The fraction of sp³-hybridized carbons (Fsp3) is 0.417. The van der Waals surface area contributed by atoms with Gasteiger partial charge in [-0.25, -0.2) is 14.5 Å². The maximum Gasteiger partial charge on any atom is 0.340 e. The minimum absolute atomic E-state index is 0.265. The van der Waals surface area contributed by atoms with Crippen molar-refractivity contribution in [3.05, 3.63) is 36.2 Å². The van der Waals surface area contributed by atoms with Crippen LogP contribution in [0.2, 0.25) is 0 Å². The van der Waals surface area contributed by atoms with Gasteiger partial charge < -0.3 is 9.72 Å². The van der Waals surface area contributed by atoms with E-state index in [0.29, 0.717) is 24.6 Å². The average Bonchev–Trinajstić information content (AvgIpc) is 2.91.